The molecule has 0 bridgehead atoms. The Labute approximate surface area is 109 Å². The van der Waals surface area contributed by atoms with Gasteiger partial charge in [0.05, 0.1) is 17.5 Å². The Morgan fingerprint density at radius 2 is 2.21 bits per heavy atom. The number of hydrogen-bond acceptors (Lipinski definition) is 5. The Morgan fingerprint density at radius 3 is 2.84 bits per heavy atom. The van der Waals surface area contributed by atoms with Gasteiger partial charge in [0.25, 0.3) is 0 Å². The molecule has 2 rings (SSSR count). The lowest BCUT2D eigenvalue weighted by Crippen LogP contribution is -2.08. The van der Waals surface area contributed by atoms with Gasteiger partial charge in [0.1, 0.15) is 0 Å². The zero-order chi connectivity index (χ0) is 14.0. The highest BCUT2D eigenvalue weighted by molar-refractivity contribution is 7.60. The van der Waals surface area contributed by atoms with Gasteiger partial charge < -0.3 is 19.9 Å². The van der Waals surface area contributed by atoms with E-state index in [1.54, 1.807) is 6.20 Å². The van der Waals surface area contributed by atoms with Crippen molar-refractivity contribution in [2.24, 2.45) is 0 Å². The molecule has 4 N–H and O–H groups in total. The highest BCUT2D eigenvalue weighted by Crippen LogP contribution is 2.38. The van der Waals surface area contributed by atoms with E-state index < -0.39 is 13.1 Å². The summed E-state index contributed by atoms with van der Waals surface area (Å²) < 4.78 is 16.3. The second-order valence-electron chi connectivity index (χ2n) is 4.04. The van der Waals surface area contributed by atoms with Crippen LogP contribution in [0, 0.1) is 0 Å². The standard InChI is InChI=1S/C11H14N3O4P/c1-2-3-7-6-13-11(12)14-9(7)8-4-5-18-10(8)19(15,16)17/h4-6H,2-3H2,1H3,(H2,12,13,14)(H2,15,16,17). The van der Waals surface area contributed by atoms with Crippen LogP contribution in [-0.4, -0.2) is 19.8 Å². The van der Waals surface area contributed by atoms with E-state index in [-0.39, 0.29) is 11.5 Å². The molecule has 0 spiro atoms. The van der Waals surface area contributed by atoms with Crippen molar-refractivity contribution in [3.05, 3.63) is 24.1 Å². The Hall–Kier alpha value is -1.69. The summed E-state index contributed by atoms with van der Waals surface area (Å²) >= 11 is 0. The minimum absolute atomic E-state index is 0.0488. The number of nitrogen functional groups attached to an aromatic ring is 1. The summed E-state index contributed by atoms with van der Waals surface area (Å²) in [5.74, 6) is 0.0488. The Morgan fingerprint density at radius 1 is 1.47 bits per heavy atom. The van der Waals surface area contributed by atoms with Gasteiger partial charge in [-0.2, -0.15) is 0 Å². The summed E-state index contributed by atoms with van der Waals surface area (Å²) in [7, 11) is -4.50. The molecule has 0 radical (unpaired) electrons. The second kappa shape index (κ2) is 5.13. The molecule has 0 aliphatic carbocycles. The summed E-state index contributed by atoms with van der Waals surface area (Å²) in [6.45, 7) is 1.99. The molecule has 0 unspecified atom stereocenters. The molecule has 2 heterocycles. The van der Waals surface area contributed by atoms with Crippen LogP contribution in [0.4, 0.5) is 5.95 Å². The molecule has 0 aromatic carbocycles. The molecule has 19 heavy (non-hydrogen) atoms. The first-order chi connectivity index (χ1) is 8.93. The molecule has 0 fully saturated rings. The molecular formula is C11H14N3O4P. The zero-order valence-electron chi connectivity index (χ0n) is 10.3. The summed E-state index contributed by atoms with van der Waals surface area (Å²) in [6.07, 6.45) is 4.32. The lowest BCUT2D eigenvalue weighted by atomic mass is 10.1. The zero-order valence-corrected chi connectivity index (χ0v) is 11.2. The smallest absolute Gasteiger partial charge is 0.391 e. The predicted molar refractivity (Wildman–Crippen MR) is 69.8 cm³/mol. The van der Waals surface area contributed by atoms with Crippen LogP contribution in [0.5, 0.6) is 0 Å². The van der Waals surface area contributed by atoms with E-state index in [0.29, 0.717) is 12.1 Å². The molecule has 2 aromatic rings. The van der Waals surface area contributed by atoms with Crippen LogP contribution in [0.1, 0.15) is 18.9 Å². The SMILES string of the molecule is CCCc1cnc(N)nc1-c1ccoc1P(=O)(O)O. The van der Waals surface area contributed by atoms with Crippen LogP contribution in [0.3, 0.4) is 0 Å². The van der Waals surface area contributed by atoms with Crippen LogP contribution in [0.2, 0.25) is 0 Å². The van der Waals surface area contributed by atoms with E-state index in [2.05, 4.69) is 9.97 Å². The molecule has 7 nitrogen and oxygen atoms in total. The van der Waals surface area contributed by atoms with Crippen molar-refractivity contribution in [3.8, 4) is 11.3 Å². The summed E-state index contributed by atoms with van der Waals surface area (Å²) in [6, 6.07) is 1.47. The molecule has 0 saturated heterocycles. The molecule has 0 atom stereocenters. The average molecular weight is 283 g/mol. The summed E-state index contributed by atoms with van der Waals surface area (Å²) in [5, 5.41) is 0. The minimum Gasteiger partial charge on any atom is -0.456 e. The monoisotopic (exact) mass is 283 g/mol. The fraction of sp³-hybridized carbons (Fsp3) is 0.273. The largest absolute Gasteiger partial charge is 0.456 e. The number of furan rings is 1. The first-order valence-corrected chi connectivity index (χ1v) is 7.30. The highest BCUT2D eigenvalue weighted by Gasteiger charge is 2.28. The lowest BCUT2D eigenvalue weighted by Gasteiger charge is -2.09. The van der Waals surface area contributed by atoms with Gasteiger partial charge in [-0.1, -0.05) is 13.3 Å². The fourth-order valence-corrected chi connectivity index (χ4v) is 2.51. The topological polar surface area (TPSA) is 122 Å². The van der Waals surface area contributed by atoms with E-state index >= 15 is 0 Å². The van der Waals surface area contributed by atoms with E-state index in [1.165, 1.54) is 12.3 Å². The maximum absolute atomic E-state index is 11.4. The molecular weight excluding hydrogens is 269 g/mol. The van der Waals surface area contributed by atoms with Crippen molar-refractivity contribution < 1.29 is 18.8 Å². The number of nitrogens with two attached hydrogens (primary N) is 1. The third kappa shape index (κ3) is 2.84. The molecule has 0 amide bonds. The van der Waals surface area contributed by atoms with Crippen LogP contribution in [0.25, 0.3) is 11.3 Å². The first kappa shape index (κ1) is 13.7. The Balaban J connectivity index is 2.62. The predicted octanol–water partition coefficient (Wildman–Crippen LogP) is 1.07. The maximum Gasteiger partial charge on any atom is 0.391 e. The van der Waals surface area contributed by atoms with Crippen molar-refractivity contribution in [2.75, 3.05) is 5.73 Å². The maximum atomic E-state index is 11.4. The van der Waals surface area contributed by atoms with Crippen LogP contribution < -0.4 is 11.2 Å². The third-order valence-electron chi connectivity index (χ3n) is 2.57. The lowest BCUT2D eigenvalue weighted by molar-refractivity contribution is 0.377. The molecule has 0 saturated carbocycles. The summed E-state index contributed by atoms with van der Waals surface area (Å²) in [5.41, 5.74) is 6.57. The quantitative estimate of drug-likeness (QED) is 0.717. The van der Waals surface area contributed by atoms with E-state index in [1.807, 2.05) is 6.92 Å². The number of hydrogen-bond donors (Lipinski definition) is 3. The number of aromatic nitrogens is 2. The van der Waals surface area contributed by atoms with Crippen LogP contribution in [-0.2, 0) is 11.0 Å². The number of aryl methyl sites for hydroxylation is 1. The number of rotatable bonds is 4. The van der Waals surface area contributed by atoms with Crippen molar-refractivity contribution >= 4 is 19.0 Å². The van der Waals surface area contributed by atoms with E-state index in [9.17, 15) is 14.4 Å². The van der Waals surface area contributed by atoms with E-state index in [0.717, 1.165) is 12.0 Å². The second-order valence-corrected chi connectivity index (χ2v) is 5.53. The van der Waals surface area contributed by atoms with Gasteiger partial charge in [-0.15, -0.1) is 0 Å². The molecule has 2 aromatic heterocycles. The molecule has 0 aliphatic heterocycles. The summed E-state index contributed by atoms with van der Waals surface area (Å²) in [4.78, 5) is 26.5. The number of nitrogens with zero attached hydrogens (tertiary/aromatic N) is 2. The van der Waals surface area contributed by atoms with Crippen molar-refractivity contribution in [1.29, 1.82) is 0 Å². The van der Waals surface area contributed by atoms with Crippen LogP contribution >= 0.6 is 7.60 Å². The Kier molecular flexibility index (Phi) is 3.71. The van der Waals surface area contributed by atoms with Gasteiger partial charge in [0, 0.05) is 6.20 Å². The van der Waals surface area contributed by atoms with Gasteiger partial charge in [0.2, 0.25) is 11.4 Å². The normalized spacial score (nSPS) is 11.7. The molecule has 0 aliphatic rings. The van der Waals surface area contributed by atoms with Crippen molar-refractivity contribution in [2.45, 2.75) is 19.8 Å². The van der Waals surface area contributed by atoms with Crippen molar-refractivity contribution in [3.63, 3.8) is 0 Å². The van der Waals surface area contributed by atoms with Gasteiger partial charge in [-0.25, -0.2) is 9.97 Å². The molecule has 8 heteroatoms. The van der Waals surface area contributed by atoms with Gasteiger partial charge >= 0.3 is 7.60 Å². The van der Waals surface area contributed by atoms with Gasteiger partial charge in [-0.05, 0) is 18.1 Å². The van der Waals surface area contributed by atoms with Gasteiger partial charge in [0.15, 0.2) is 0 Å². The first-order valence-electron chi connectivity index (χ1n) is 5.69. The Bertz CT molecular complexity index is 635. The van der Waals surface area contributed by atoms with Gasteiger partial charge in [-0.3, -0.25) is 4.57 Å². The highest BCUT2D eigenvalue weighted by atomic mass is 31.2. The van der Waals surface area contributed by atoms with Crippen molar-refractivity contribution in [1.82, 2.24) is 9.97 Å². The fourth-order valence-electron chi connectivity index (χ4n) is 1.81. The third-order valence-corrected chi connectivity index (χ3v) is 3.44. The molecule has 102 valence electrons. The number of anilines is 1. The minimum atomic E-state index is -4.50. The van der Waals surface area contributed by atoms with E-state index in [4.69, 9.17) is 10.2 Å². The van der Waals surface area contributed by atoms with Crippen LogP contribution in [0.15, 0.2) is 22.9 Å². The average Bonchev–Trinajstić information content (AvgIpc) is 2.80.